The number of hydrogen-bond acceptors (Lipinski definition) is 2. The van der Waals surface area contributed by atoms with Gasteiger partial charge in [0, 0.05) is 6.42 Å². The van der Waals surface area contributed by atoms with Crippen LogP contribution in [0.5, 0.6) is 5.75 Å². The minimum Gasteiger partial charge on any atom is -0.482 e. The SMILES string of the molecule is CC(C)CCC(=O)Nc1ccccc1OCC(F)(F)F. The molecule has 1 amide bonds. The molecule has 3 nitrogen and oxygen atoms in total. The fourth-order valence-corrected chi connectivity index (χ4v) is 1.49. The smallest absolute Gasteiger partial charge is 0.422 e. The first-order valence-electron chi connectivity index (χ1n) is 6.36. The third kappa shape index (κ3) is 6.45. The van der Waals surface area contributed by atoms with Crippen LogP contribution in [0.2, 0.25) is 0 Å². The van der Waals surface area contributed by atoms with E-state index in [0.717, 1.165) is 6.42 Å². The molecule has 20 heavy (non-hydrogen) atoms. The maximum Gasteiger partial charge on any atom is 0.422 e. The molecule has 0 unspecified atom stereocenters. The Morgan fingerprint density at radius 2 is 1.95 bits per heavy atom. The molecule has 1 aromatic carbocycles. The fourth-order valence-electron chi connectivity index (χ4n) is 1.49. The zero-order valence-electron chi connectivity index (χ0n) is 11.5. The Labute approximate surface area is 116 Å². The summed E-state index contributed by atoms with van der Waals surface area (Å²) in [5.41, 5.74) is 0.255. The summed E-state index contributed by atoms with van der Waals surface area (Å²) in [4.78, 5) is 11.7. The molecule has 1 rings (SSSR count). The Morgan fingerprint density at radius 3 is 2.55 bits per heavy atom. The van der Waals surface area contributed by atoms with Crippen molar-refractivity contribution >= 4 is 11.6 Å². The second kappa shape index (κ2) is 7.17. The number of anilines is 1. The van der Waals surface area contributed by atoms with E-state index in [-0.39, 0.29) is 17.3 Å². The number of ether oxygens (including phenoxy) is 1. The fraction of sp³-hybridized carbons (Fsp3) is 0.500. The Bertz CT molecular complexity index is 444. The first-order chi connectivity index (χ1) is 9.28. The summed E-state index contributed by atoms with van der Waals surface area (Å²) in [7, 11) is 0. The number of halogens is 3. The molecule has 0 aliphatic carbocycles. The Hall–Kier alpha value is -1.72. The highest BCUT2D eigenvalue weighted by Gasteiger charge is 2.28. The van der Waals surface area contributed by atoms with E-state index in [1.54, 1.807) is 12.1 Å². The Kier molecular flexibility index (Phi) is 5.85. The van der Waals surface area contributed by atoms with Gasteiger partial charge in [0.1, 0.15) is 5.75 Å². The number of carbonyl (C=O) groups is 1. The molecule has 0 aliphatic rings. The summed E-state index contributed by atoms with van der Waals surface area (Å²) in [5, 5.41) is 2.57. The van der Waals surface area contributed by atoms with E-state index in [9.17, 15) is 18.0 Å². The minimum absolute atomic E-state index is 0.0164. The van der Waals surface area contributed by atoms with Crippen molar-refractivity contribution in [1.82, 2.24) is 0 Å². The summed E-state index contributed by atoms with van der Waals surface area (Å²) in [5.74, 6) is 0.168. The second-order valence-electron chi connectivity index (χ2n) is 4.88. The lowest BCUT2D eigenvalue weighted by molar-refractivity contribution is -0.153. The highest BCUT2D eigenvalue weighted by atomic mass is 19.4. The quantitative estimate of drug-likeness (QED) is 0.859. The summed E-state index contributed by atoms with van der Waals surface area (Å²) < 4.78 is 41.1. The van der Waals surface area contributed by atoms with Crippen LogP contribution in [0.25, 0.3) is 0 Å². The van der Waals surface area contributed by atoms with Gasteiger partial charge in [-0.15, -0.1) is 0 Å². The van der Waals surface area contributed by atoms with Crippen molar-refractivity contribution in [2.24, 2.45) is 5.92 Å². The molecule has 0 saturated carbocycles. The van der Waals surface area contributed by atoms with Crippen molar-refractivity contribution in [2.75, 3.05) is 11.9 Å². The maximum atomic E-state index is 12.1. The van der Waals surface area contributed by atoms with Gasteiger partial charge in [0.05, 0.1) is 5.69 Å². The molecular formula is C14H18F3NO2. The number of amides is 1. The first-order valence-corrected chi connectivity index (χ1v) is 6.36. The van der Waals surface area contributed by atoms with Crippen LogP contribution in [0.3, 0.4) is 0 Å². The van der Waals surface area contributed by atoms with E-state index in [4.69, 9.17) is 0 Å². The van der Waals surface area contributed by atoms with E-state index in [0.29, 0.717) is 12.3 Å². The molecular weight excluding hydrogens is 271 g/mol. The van der Waals surface area contributed by atoms with Gasteiger partial charge >= 0.3 is 6.18 Å². The van der Waals surface area contributed by atoms with Gasteiger partial charge in [-0.2, -0.15) is 13.2 Å². The van der Waals surface area contributed by atoms with Crippen LogP contribution in [0.1, 0.15) is 26.7 Å². The first kappa shape index (κ1) is 16.3. The second-order valence-corrected chi connectivity index (χ2v) is 4.88. The normalized spacial score (nSPS) is 11.5. The lowest BCUT2D eigenvalue weighted by Gasteiger charge is -2.14. The standard InChI is InChI=1S/C14H18F3NO2/c1-10(2)7-8-13(19)18-11-5-3-4-6-12(11)20-9-14(15,16)17/h3-6,10H,7-9H2,1-2H3,(H,18,19). The van der Waals surface area contributed by atoms with Gasteiger partial charge in [-0.25, -0.2) is 0 Å². The van der Waals surface area contributed by atoms with Gasteiger partial charge in [-0.3, -0.25) is 4.79 Å². The van der Waals surface area contributed by atoms with Crippen molar-refractivity contribution < 1.29 is 22.7 Å². The zero-order chi connectivity index (χ0) is 15.2. The molecule has 0 atom stereocenters. The molecule has 0 saturated heterocycles. The van der Waals surface area contributed by atoms with Crippen LogP contribution >= 0.6 is 0 Å². The number of carbonyl (C=O) groups excluding carboxylic acids is 1. The monoisotopic (exact) mass is 289 g/mol. The van der Waals surface area contributed by atoms with E-state index >= 15 is 0 Å². The summed E-state index contributed by atoms with van der Waals surface area (Å²) in [6, 6.07) is 6.08. The number of para-hydroxylation sites is 2. The van der Waals surface area contributed by atoms with Crippen LogP contribution in [0, 0.1) is 5.92 Å². The predicted molar refractivity (Wildman–Crippen MR) is 70.7 cm³/mol. The molecule has 1 aromatic rings. The van der Waals surface area contributed by atoms with Crippen LogP contribution in [0.15, 0.2) is 24.3 Å². The molecule has 1 N–H and O–H groups in total. The van der Waals surface area contributed by atoms with Gasteiger partial charge in [0.2, 0.25) is 5.91 Å². The minimum atomic E-state index is -4.41. The maximum absolute atomic E-state index is 12.1. The molecule has 6 heteroatoms. The van der Waals surface area contributed by atoms with Crippen LogP contribution < -0.4 is 10.1 Å². The van der Waals surface area contributed by atoms with Crippen molar-refractivity contribution in [3.05, 3.63) is 24.3 Å². The van der Waals surface area contributed by atoms with Gasteiger partial charge in [0.15, 0.2) is 6.61 Å². The topological polar surface area (TPSA) is 38.3 Å². The number of benzene rings is 1. The molecule has 0 spiro atoms. The van der Waals surface area contributed by atoms with Crippen molar-refractivity contribution in [3.8, 4) is 5.75 Å². The molecule has 0 radical (unpaired) electrons. The van der Waals surface area contributed by atoms with E-state index in [1.165, 1.54) is 12.1 Å². The van der Waals surface area contributed by atoms with E-state index in [2.05, 4.69) is 10.1 Å². The molecule has 0 bridgehead atoms. The van der Waals surface area contributed by atoms with Crippen molar-refractivity contribution in [3.63, 3.8) is 0 Å². The van der Waals surface area contributed by atoms with Gasteiger partial charge in [0.25, 0.3) is 0 Å². The zero-order valence-corrected chi connectivity index (χ0v) is 11.5. The van der Waals surface area contributed by atoms with Gasteiger partial charge < -0.3 is 10.1 Å². The van der Waals surface area contributed by atoms with Crippen molar-refractivity contribution in [1.29, 1.82) is 0 Å². The third-order valence-electron chi connectivity index (χ3n) is 2.50. The number of nitrogens with one attached hydrogen (secondary N) is 1. The van der Waals surface area contributed by atoms with E-state index < -0.39 is 12.8 Å². The largest absolute Gasteiger partial charge is 0.482 e. The molecule has 0 aromatic heterocycles. The molecule has 0 aliphatic heterocycles. The highest BCUT2D eigenvalue weighted by Crippen LogP contribution is 2.26. The summed E-state index contributed by atoms with van der Waals surface area (Å²) in [6.45, 7) is 2.60. The van der Waals surface area contributed by atoms with Crippen LogP contribution in [-0.2, 0) is 4.79 Å². The van der Waals surface area contributed by atoms with Crippen LogP contribution in [-0.4, -0.2) is 18.7 Å². The number of hydrogen-bond donors (Lipinski definition) is 1. The van der Waals surface area contributed by atoms with Gasteiger partial charge in [-0.05, 0) is 24.5 Å². The lowest BCUT2D eigenvalue weighted by atomic mass is 10.1. The summed E-state index contributed by atoms with van der Waals surface area (Å²) in [6.07, 6.45) is -3.36. The molecule has 0 heterocycles. The Morgan fingerprint density at radius 1 is 1.30 bits per heavy atom. The average molecular weight is 289 g/mol. The highest BCUT2D eigenvalue weighted by molar-refractivity contribution is 5.92. The predicted octanol–water partition coefficient (Wildman–Crippen LogP) is 4.00. The third-order valence-corrected chi connectivity index (χ3v) is 2.50. The lowest BCUT2D eigenvalue weighted by Crippen LogP contribution is -2.20. The van der Waals surface area contributed by atoms with Crippen LogP contribution in [0.4, 0.5) is 18.9 Å². The number of alkyl halides is 3. The van der Waals surface area contributed by atoms with E-state index in [1.807, 2.05) is 13.8 Å². The molecule has 112 valence electrons. The average Bonchev–Trinajstić information content (AvgIpc) is 2.34. The number of rotatable bonds is 6. The van der Waals surface area contributed by atoms with Crippen molar-refractivity contribution in [2.45, 2.75) is 32.9 Å². The molecule has 0 fully saturated rings. The Balaban J connectivity index is 2.63. The summed E-state index contributed by atoms with van der Waals surface area (Å²) >= 11 is 0. The van der Waals surface area contributed by atoms with Gasteiger partial charge in [-0.1, -0.05) is 26.0 Å².